The second kappa shape index (κ2) is 8.01. The van der Waals surface area contributed by atoms with Gasteiger partial charge in [0.15, 0.2) is 0 Å². The van der Waals surface area contributed by atoms with Crippen LogP contribution in [0.2, 0.25) is 0 Å². The van der Waals surface area contributed by atoms with Gasteiger partial charge in [0.2, 0.25) is 0 Å². The Bertz CT molecular complexity index is 566. The number of aliphatic hydroxyl groups is 1. The van der Waals surface area contributed by atoms with Crippen molar-refractivity contribution in [1.29, 1.82) is 0 Å². The predicted molar refractivity (Wildman–Crippen MR) is 87.7 cm³/mol. The van der Waals surface area contributed by atoms with Gasteiger partial charge in [-0.3, -0.25) is 0 Å². The molecule has 0 aliphatic rings. The summed E-state index contributed by atoms with van der Waals surface area (Å²) in [6.07, 6.45) is 1.05. The van der Waals surface area contributed by atoms with Crippen LogP contribution >= 0.6 is 0 Å². The highest BCUT2D eigenvalue weighted by molar-refractivity contribution is 5.87. The Balaban J connectivity index is 2.22. The molecule has 0 saturated carbocycles. The minimum absolute atomic E-state index is 0.147. The van der Waals surface area contributed by atoms with Crippen molar-refractivity contribution < 1.29 is 9.84 Å². The van der Waals surface area contributed by atoms with Crippen LogP contribution in [0.4, 0.5) is 0 Å². The number of hydrogen-bond acceptors (Lipinski definition) is 3. The van der Waals surface area contributed by atoms with Gasteiger partial charge < -0.3 is 15.2 Å². The van der Waals surface area contributed by atoms with Gasteiger partial charge in [0, 0.05) is 18.7 Å². The monoisotopic (exact) mass is 287 g/mol. The molecule has 0 heterocycles. The zero-order chi connectivity index (χ0) is 15.1. The first-order valence-corrected chi connectivity index (χ1v) is 7.67. The highest BCUT2D eigenvalue weighted by Crippen LogP contribution is 2.28. The molecule has 3 heteroatoms. The SMILES string of the molecule is CC(C)CCOc1ccc2ccccc2c1CNCCO. The van der Waals surface area contributed by atoms with E-state index in [4.69, 9.17) is 9.84 Å². The summed E-state index contributed by atoms with van der Waals surface area (Å²) in [6.45, 7) is 6.59. The van der Waals surface area contributed by atoms with Gasteiger partial charge in [0.25, 0.3) is 0 Å². The van der Waals surface area contributed by atoms with Crippen LogP contribution < -0.4 is 10.1 Å². The van der Waals surface area contributed by atoms with Crippen molar-refractivity contribution in [2.75, 3.05) is 19.8 Å². The van der Waals surface area contributed by atoms with Crippen LogP contribution in [0, 0.1) is 5.92 Å². The Kier molecular flexibility index (Phi) is 6.03. The largest absolute Gasteiger partial charge is 0.493 e. The van der Waals surface area contributed by atoms with Crippen LogP contribution in [0.15, 0.2) is 36.4 Å². The molecule has 2 aromatic rings. The normalized spacial score (nSPS) is 11.2. The van der Waals surface area contributed by atoms with Gasteiger partial charge in [0.1, 0.15) is 5.75 Å². The molecule has 2 N–H and O–H groups in total. The molecule has 0 aliphatic heterocycles. The van der Waals surface area contributed by atoms with E-state index < -0.39 is 0 Å². The highest BCUT2D eigenvalue weighted by atomic mass is 16.5. The molecular formula is C18H25NO2. The summed E-state index contributed by atoms with van der Waals surface area (Å²) >= 11 is 0. The lowest BCUT2D eigenvalue weighted by atomic mass is 10.0. The van der Waals surface area contributed by atoms with Crippen molar-refractivity contribution in [1.82, 2.24) is 5.32 Å². The van der Waals surface area contributed by atoms with Crippen molar-refractivity contribution in [2.24, 2.45) is 5.92 Å². The van der Waals surface area contributed by atoms with Gasteiger partial charge in [0.05, 0.1) is 13.2 Å². The van der Waals surface area contributed by atoms with Crippen molar-refractivity contribution in [2.45, 2.75) is 26.8 Å². The highest BCUT2D eigenvalue weighted by Gasteiger charge is 2.09. The quantitative estimate of drug-likeness (QED) is 0.732. The van der Waals surface area contributed by atoms with E-state index in [0.29, 0.717) is 19.0 Å². The Morgan fingerprint density at radius 3 is 2.71 bits per heavy atom. The van der Waals surface area contributed by atoms with Crippen molar-refractivity contribution in [3.8, 4) is 5.75 Å². The smallest absolute Gasteiger partial charge is 0.124 e. The van der Waals surface area contributed by atoms with Crippen LogP contribution in [-0.4, -0.2) is 24.9 Å². The van der Waals surface area contributed by atoms with Gasteiger partial charge in [-0.05, 0) is 29.2 Å². The predicted octanol–water partition coefficient (Wildman–Crippen LogP) is 3.35. The summed E-state index contributed by atoms with van der Waals surface area (Å²) in [7, 11) is 0. The number of fused-ring (bicyclic) bond motifs is 1. The summed E-state index contributed by atoms with van der Waals surface area (Å²) in [6, 6.07) is 12.5. The van der Waals surface area contributed by atoms with Crippen molar-refractivity contribution >= 4 is 10.8 Å². The Labute approximate surface area is 126 Å². The third kappa shape index (κ3) is 4.45. The molecule has 0 spiro atoms. The first kappa shape index (κ1) is 15.8. The number of nitrogens with one attached hydrogen (secondary N) is 1. The molecule has 114 valence electrons. The topological polar surface area (TPSA) is 41.5 Å². The summed E-state index contributed by atoms with van der Waals surface area (Å²) in [5, 5.41) is 14.6. The summed E-state index contributed by atoms with van der Waals surface area (Å²) in [5.74, 6) is 1.58. The molecule has 0 radical (unpaired) electrons. The standard InChI is InChI=1S/C18H25NO2/c1-14(2)9-12-21-18-8-7-15-5-3-4-6-16(15)17(18)13-19-10-11-20/h3-8,14,19-20H,9-13H2,1-2H3. The molecule has 0 bridgehead atoms. The molecule has 0 atom stereocenters. The molecule has 0 aliphatic carbocycles. The van der Waals surface area contributed by atoms with Crippen molar-refractivity contribution in [3.63, 3.8) is 0 Å². The molecule has 0 unspecified atom stereocenters. The lowest BCUT2D eigenvalue weighted by Gasteiger charge is -2.15. The van der Waals surface area contributed by atoms with Crippen LogP contribution in [0.5, 0.6) is 5.75 Å². The van der Waals surface area contributed by atoms with Gasteiger partial charge in [-0.15, -0.1) is 0 Å². The molecule has 0 aromatic heterocycles. The Morgan fingerprint density at radius 1 is 1.14 bits per heavy atom. The first-order chi connectivity index (χ1) is 10.2. The van der Waals surface area contributed by atoms with Crippen LogP contribution in [-0.2, 0) is 6.54 Å². The van der Waals surface area contributed by atoms with Gasteiger partial charge in [-0.2, -0.15) is 0 Å². The van der Waals surface area contributed by atoms with E-state index >= 15 is 0 Å². The minimum atomic E-state index is 0.147. The van der Waals surface area contributed by atoms with E-state index in [1.54, 1.807) is 0 Å². The number of rotatable bonds is 8. The fourth-order valence-corrected chi connectivity index (χ4v) is 2.33. The second-order valence-electron chi connectivity index (χ2n) is 5.69. The molecule has 0 saturated heterocycles. The van der Waals surface area contributed by atoms with E-state index in [0.717, 1.165) is 18.8 Å². The van der Waals surface area contributed by atoms with Crippen LogP contribution in [0.25, 0.3) is 10.8 Å². The van der Waals surface area contributed by atoms with E-state index in [1.807, 2.05) is 6.07 Å². The average molecular weight is 287 g/mol. The zero-order valence-electron chi connectivity index (χ0n) is 12.9. The molecule has 2 aromatic carbocycles. The van der Waals surface area contributed by atoms with Gasteiger partial charge in [-0.1, -0.05) is 44.2 Å². The second-order valence-corrected chi connectivity index (χ2v) is 5.69. The van der Waals surface area contributed by atoms with Gasteiger partial charge >= 0.3 is 0 Å². The maximum Gasteiger partial charge on any atom is 0.124 e. The first-order valence-electron chi connectivity index (χ1n) is 7.67. The molecule has 21 heavy (non-hydrogen) atoms. The minimum Gasteiger partial charge on any atom is -0.493 e. The molecule has 0 fully saturated rings. The fourth-order valence-electron chi connectivity index (χ4n) is 2.33. The van der Waals surface area contributed by atoms with Crippen LogP contribution in [0.1, 0.15) is 25.8 Å². The van der Waals surface area contributed by atoms with E-state index in [1.165, 1.54) is 16.3 Å². The van der Waals surface area contributed by atoms with Gasteiger partial charge in [-0.25, -0.2) is 0 Å². The fraction of sp³-hybridized carbons (Fsp3) is 0.444. The third-order valence-electron chi connectivity index (χ3n) is 3.54. The number of benzene rings is 2. The summed E-state index contributed by atoms with van der Waals surface area (Å²) in [5.41, 5.74) is 1.17. The van der Waals surface area contributed by atoms with Crippen molar-refractivity contribution in [3.05, 3.63) is 42.0 Å². The summed E-state index contributed by atoms with van der Waals surface area (Å²) in [4.78, 5) is 0. The molecule has 2 rings (SSSR count). The Morgan fingerprint density at radius 2 is 1.95 bits per heavy atom. The van der Waals surface area contributed by atoms with E-state index in [2.05, 4.69) is 49.5 Å². The third-order valence-corrected chi connectivity index (χ3v) is 3.54. The van der Waals surface area contributed by atoms with E-state index in [-0.39, 0.29) is 6.61 Å². The lowest BCUT2D eigenvalue weighted by molar-refractivity contribution is 0.282. The van der Waals surface area contributed by atoms with Crippen LogP contribution in [0.3, 0.4) is 0 Å². The lowest BCUT2D eigenvalue weighted by Crippen LogP contribution is -2.18. The molecule has 0 amide bonds. The van der Waals surface area contributed by atoms with E-state index in [9.17, 15) is 0 Å². The molecule has 3 nitrogen and oxygen atoms in total. The number of hydrogen-bond donors (Lipinski definition) is 2. The average Bonchev–Trinajstić information content (AvgIpc) is 2.48. The summed E-state index contributed by atoms with van der Waals surface area (Å²) < 4.78 is 5.98. The maximum atomic E-state index is 8.94. The Hall–Kier alpha value is -1.58. The zero-order valence-corrected chi connectivity index (χ0v) is 12.9. The molecular weight excluding hydrogens is 262 g/mol. The number of ether oxygens (including phenoxy) is 1. The maximum absolute atomic E-state index is 8.94. The number of aliphatic hydroxyl groups excluding tert-OH is 1.